The summed E-state index contributed by atoms with van der Waals surface area (Å²) in [6, 6.07) is 0.806. The van der Waals surface area contributed by atoms with E-state index in [4.69, 9.17) is 0 Å². The summed E-state index contributed by atoms with van der Waals surface area (Å²) >= 11 is 0. The molecule has 2 aliphatic rings. The maximum Gasteiger partial charge on any atom is 0.0563 e. The van der Waals surface area contributed by atoms with Gasteiger partial charge in [-0.05, 0) is 31.3 Å². The summed E-state index contributed by atoms with van der Waals surface area (Å²) in [5, 5.41) is 0. The smallest absolute Gasteiger partial charge is 0.0563 e. The van der Waals surface area contributed by atoms with Gasteiger partial charge in [-0.3, -0.25) is 4.90 Å². The number of hydrogen-bond acceptors (Lipinski definition) is 1. The lowest BCUT2D eigenvalue weighted by molar-refractivity contribution is -0.261. The molecule has 96 valence electrons. The van der Waals surface area contributed by atoms with Gasteiger partial charge in [-0.25, -0.2) is 0 Å². The van der Waals surface area contributed by atoms with Crippen LogP contribution in [0.3, 0.4) is 0 Å². The van der Waals surface area contributed by atoms with E-state index in [0.29, 0.717) is 5.41 Å². The van der Waals surface area contributed by atoms with Crippen molar-refractivity contribution in [1.29, 1.82) is 0 Å². The highest BCUT2D eigenvalue weighted by Crippen LogP contribution is 2.66. The van der Waals surface area contributed by atoms with Crippen molar-refractivity contribution in [2.75, 3.05) is 6.54 Å². The average Bonchev–Trinajstić information content (AvgIpc) is 2.31. The highest BCUT2D eigenvalue weighted by molar-refractivity contribution is 5.36. The minimum Gasteiger partial charge on any atom is -0.289 e. The summed E-state index contributed by atoms with van der Waals surface area (Å²) in [4.78, 5) is 2.70. The van der Waals surface area contributed by atoms with Crippen LogP contribution in [0.5, 0.6) is 0 Å². The molecule has 4 unspecified atom stereocenters. The summed E-state index contributed by atoms with van der Waals surface area (Å²) in [5.41, 5.74) is 5.23. The van der Waals surface area contributed by atoms with Crippen LogP contribution in [0, 0.1) is 11.3 Å². The number of nitrogens with zero attached hydrogens (tertiary/aromatic N) is 1. The topological polar surface area (TPSA) is 3.24 Å². The van der Waals surface area contributed by atoms with E-state index in [-0.39, 0.29) is 5.54 Å². The zero-order valence-corrected chi connectivity index (χ0v) is 12.1. The van der Waals surface area contributed by atoms with Crippen LogP contribution in [0.15, 0.2) is 17.9 Å². The third-order valence-electron chi connectivity index (χ3n) is 6.13. The van der Waals surface area contributed by atoms with Gasteiger partial charge in [0.25, 0.3) is 0 Å². The van der Waals surface area contributed by atoms with E-state index in [1.807, 2.05) is 0 Å². The van der Waals surface area contributed by atoms with Crippen LogP contribution in [-0.4, -0.2) is 23.0 Å². The lowest BCUT2D eigenvalue weighted by atomic mass is 9.45. The van der Waals surface area contributed by atoms with Gasteiger partial charge < -0.3 is 0 Å². The summed E-state index contributed by atoms with van der Waals surface area (Å²) in [6.07, 6.45) is 3.85. The molecule has 2 aliphatic heterocycles. The average molecular weight is 233 g/mol. The van der Waals surface area contributed by atoms with Crippen LogP contribution in [-0.2, 0) is 0 Å². The van der Waals surface area contributed by atoms with Gasteiger partial charge in [0.2, 0.25) is 0 Å². The predicted octanol–water partition coefficient (Wildman–Crippen LogP) is 4.01. The molecule has 2 heterocycles. The van der Waals surface area contributed by atoms with Gasteiger partial charge in [0, 0.05) is 18.0 Å². The zero-order valence-electron chi connectivity index (χ0n) is 12.1. The lowest BCUT2D eigenvalue weighted by Crippen LogP contribution is -2.85. The predicted molar refractivity (Wildman–Crippen MR) is 74.0 cm³/mol. The molecular weight excluding hydrogens is 206 g/mol. The van der Waals surface area contributed by atoms with Crippen LogP contribution in [0.2, 0.25) is 0 Å². The second kappa shape index (κ2) is 4.00. The van der Waals surface area contributed by atoms with E-state index in [1.54, 1.807) is 0 Å². The molecule has 0 aromatic heterocycles. The fourth-order valence-corrected chi connectivity index (χ4v) is 4.76. The fourth-order valence-electron chi connectivity index (χ4n) is 4.76. The Hall–Kier alpha value is -0.520. The number of fused-ring (bicyclic) bond motifs is 1. The number of rotatable bonds is 4. The molecule has 2 fully saturated rings. The van der Waals surface area contributed by atoms with E-state index >= 15 is 0 Å². The molecule has 0 aromatic rings. The first-order valence-electron chi connectivity index (χ1n) is 7.14. The lowest BCUT2D eigenvalue weighted by Gasteiger charge is -2.78. The molecule has 17 heavy (non-hydrogen) atoms. The fraction of sp³-hybridized carbons (Fsp3) is 0.812. The zero-order chi connectivity index (χ0) is 12.8. The Labute approximate surface area is 107 Å². The van der Waals surface area contributed by atoms with Crippen molar-refractivity contribution in [3.63, 3.8) is 0 Å². The molecule has 0 radical (unpaired) electrons. The molecule has 2 rings (SSSR count). The third-order valence-corrected chi connectivity index (χ3v) is 6.13. The third kappa shape index (κ3) is 1.20. The summed E-state index contributed by atoms with van der Waals surface area (Å²) in [5.74, 6) is 0.771. The second-order valence-corrected chi connectivity index (χ2v) is 6.11. The second-order valence-electron chi connectivity index (χ2n) is 6.11. The van der Waals surface area contributed by atoms with Crippen molar-refractivity contribution in [3.05, 3.63) is 17.9 Å². The van der Waals surface area contributed by atoms with E-state index in [1.165, 1.54) is 31.4 Å². The molecule has 0 N–H and O–H groups in total. The van der Waals surface area contributed by atoms with Gasteiger partial charge in [-0.2, -0.15) is 0 Å². The molecule has 0 aliphatic carbocycles. The molecule has 0 aromatic carbocycles. The Kier molecular flexibility index (Phi) is 3.04. The van der Waals surface area contributed by atoms with Gasteiger partial charge in [0.15, 0.2) is 0 Å². The Morgan fingerprint density at radius 1 is 1.53 bits per heavy atom. The van der Waals surface area contributed by atoms with Crippen LogP contribution in [0.1, 0.15) is 53.9 Å². The molecule has 0 bridgehead atoms. The van der Waals surface area contributed by atoms with Gasteiger partial charge in [0.05, 0.1) is 5.54 Å². The van der Waals surface area contributed by atoms with Crippen LogP contribution >= 0.6 is 0 Å². The highest BCUT2D eigenvalue weighted by atomic mass is 15.4. The van der Waals surface area contributed by atoms with Crippen molar-refractivity contribution in [2.45, 2.75) is 65.5 Å². The summed E-state index contributed by atoms with van der Waals surface area (Å²) in [6.45, 7) is 17.0. The van der Waals surface area contributed by atoms with Crippen molar-refractivity contribution in [2.24, 2.45) is 11.3 Å². The van der Waals surface area contributed by atoms with Crippen LogP contribution in [0.4, 0.5) is 0 Å². The Balaban J connectivity index is 2.46. The summed E-state index contributed by atoms with van der Waals surface area (Å²) in [7, 11) is 0. The van der Waals surface area contributed by atoms with Gasteiger partial charge in [0.1, 0.15) is 0 Å². The van der Waals surface area contributed by atoms with Gasteiger partial charge in [-0.15, -0.1) is 5.73 Å². The van der Waals surface area contributed by atoms with E-state index in [2.05, 4.69) is 51.8 Å². The Morgan fingerprint density at radius 3 is 2.53 bits per heavy atom. The monoisotopic (exact) mass is 233 g/mol. The largest absolute Gasteiger partial charge is 0.289 e. The van der Waals surface area contributed by atoms with Crippen LogP contribution < -0.4 is 0 Å². The molecule has 2 saturated heterocycles. The van der Waals surface area contributed by atoms with E-state index in [9.17, 15) is 0 Å². The normalized spacial score (nSPS) is 41.8. The van der Waals surface area contributed by atoms with E-state index < -0.39 is 0 Å². The minimum atomic E-state index is 0.243. The quantitative estimate of drug-likeness (QED) is 0.663. The first-order chi connectivity index (χ1) is 8.00. The summed E-state index contributed by atoms with van der Waals surface area (Å²) < 4.78 is 0. The SMILES string of the molecule is C=C=C(C)C1(CC)N2CCC2C1(C)C(C)CC. The molecule has 1 nitrogen and oxygen atoms in total. The molecule has 0 amide bonds. The highest BCUT2D eigenvalue weighted by Gasteiger charge is 2.71. The number of piperidine rings is 1. The van der Waals surface area contributed by atoms with Crippen molar-refractivity contribution < 1.29 is 0 Å². The van der Waals surface area contributed by atoms with E-state index in [0.717, 1.165) is 12.0 Å². The first kappa shape index (κ1) is 12.9. The maximum absolute atomic E-state index is 3.90. The molecule has 1 heteroatoms. The van der Waals surface area contributed by atoms with Crippen molar-refractivity contribution in [3.8, 4) is 0 Å². The Bertz CT molecular complexity index is 360. The first-order valence-corrected chi connectivity index (χ1v) is 7.14. The number of hydrogen-bond donors (Lipinski definition) is 0. The van der Waals surface area contributed by atoms with Crippen LogP contribution in [0.25, 0.3) is 0 Å². The van der Waals surface area contributed by atoms with Crippen molar-refractivity contribution >= 4 is 0 Å². The molecule has 4 atom stereocenters. The molecular formula is C16H27N. The molecule has 0 spiro atoms. The van der Waals surface area contributed by atoms with Gasteiger partial charge in [-0.1, -0.05) is 40.7 Å². The Morgan fingerprint density at radius 2 is 2.18 bits per heavy atom. The van der Waals surface area contributed by atoms with Gasteiger partial charge >= 0.3 is 0 Å². The minimum absolute atomic E-state index is 0.243. The standard InChI is InChI=1S/C16H27N/c1-7-12(4)15(6)14-10-11-17(14)16(15,9-3)13(5)8-2/h12,14H,2,7,9-11H2,1,3-6H3. The molecule has 0 saturated carbocycles. The maximum atomic E-state index is 3.90. The van der Waals surface area contributed by atoms with Crippen molar-refractivity contribution in [1.82, 2.24) is 4.90 Å².